The van der Waals surface area contributed by atoms with Gasteiger partial charge in [-0.1, -0.05) is 40.2 Å². The number of hydrogen-bond acceptors (Lipinski definition) is 2. The van der Waals surface area contributed by atoms with Crippen molar-refractivity contribution in [1.29, 1.82) is 0 Å². The predicted octanol–water partition coefficient (Wildman–Crippen LogP) is 4.60. The normalized spacial score (nSPS) is 12.3. The van der Waals surface area contributed by atoms with E-state index in [9.17, 15) is 4.79 Å². The molecule has 0 N–H and O–H groups in total. The molecule has 0 atom stereocenters. The Bertz CT molecular complexity index is 732. The maximum atomic E-state index is 11.4. The fourth-order valence-electron chi connectivity index (χ4n) is 2.66. The van der Waals surface area contributed by atoms with Gasteiger partial charge in [0.05, 0.1) is 6.61 Å². The van der Waals surface area contributed by atoms with Crippen LogP contribution in [0.3, 0.4) is 0 Å². The van der Waals surface area contributed by atoms with E-state index in [2.05, 4.69) is 46.3 Å². The van der Waals surface area contributed by atoms with Gasteiger partial charge in [-0.25, -0.2) is 4.79 Å². The number of carbonyl (C=O) groups excluding carboxylic acids is 1. The van der Waals surface area contributed by atoms with Crippen LogP contribution in [0.15, 0.2) is 46.9 Å². The molecule has 0 saturated heterocycles. The van der Waals surface area contributed by atoms with Crippen molar-refractivity contribution in [1.82, 2.24) is 0 Å². The van der Waals surface area contributed by atoms with Crippen LogP contribution in [-0.2, 0) is 16.0 Å². The van der Waals surface area contributed by atoms with Crippen LogP contribution in [0.4, 0.5) is 0 Å². The molecule has 0 aromatic heterocycles. The van der Waals surface area contributed by atoms with Crippen molar-refractivity contribution in [2.24, 2.45) is 0 Å². The second-order valence-electron chi connectivity index (χ2n) is 4.98. The summed E-state index contributed by atoms with van der Waals surface area (Å²) in [5.41, 5.74) is 6.24. The number of esters is 1. The molecule has 106 valence electrons. The third kappa shape index (κ3) is 2.93. The first-order valence-electron chi connectivity index (χ1n) is 6.94. The van der Waals surface area contributed by atoms with Crippen molar-refractivity contribution in [2.45, 2.75) is 13.3 Å². The molecule has 0 fully saturated rings. The standard InChI is InChI=1S/C18H15BrO2/c1-2-21-18(20)8-4-12-3-6-16-13(9-12)10-14-11-15(19)5-7-17(14)16/h3-9,11H,2,10H2,1H3/b8-4+. The first kappa shape index (κ1) is 14.1. The van der Waals surface area contributed by atoms with E-state index in [1.54, 1.807) is 13.0 Å². The molecule has 0 aliphatic heterocycles. The number of hydrogen-bond donors (Lipinski definition) is 0. The van der Waals surface area contributed by atoms with Crippen LogP contribution < -0.4 is 0 Å². The quantitative estimate of drug-likeness (QED) is 0.513. The maximum Gasteiger partial charge on any atom is 0.330 e. The SMILES string of the molecule is CCOC(=O)/C=C/c1ccc2c(c1)Cc1cc(Br)ccc1-2. The number of rotatable bonds is 3. The highest BCUT2D eigenvalue weighted by Gasteiger charge is 2.18. The molecule has 3 rings (SSSR count). The average Bonchev–Trinajstić information content (AvgIpc) is 2.81. The predicted molar refractivity (Wildman–Crippen MR) is 88.1 cm³/mol. The molecule has 0 unspecified atom stereocenters. The van der Waals surface area contributed by atoms with Crippen LogP contribution in [0, 0.1) is 0 Å². The summed E-state index contributed by atoms with van der Waals surface area (Å²) < 4.78 is 6.00. The van der Waals surface area contributed by atoms with Crippen LogP contribution in [0.2, 0.25) is 0 Å². The lowest BCUT2D eigenvalue weighted by Gasteiger charge is -2.02. The van der Waals surface area contributed by atoms with Gasteiger partial charge in [-0.05, 0) is 59.4 Å². The lowest BCUT2D eigenvalue weighted by molar-refractivity contribution is -0.137. The van der Waals surface area contributed by atoms with Crippen LogP contribution in [0.25, 0.3) is 17.2 Å². The molecule has 0 radical (unpaired) electrons. The van der Waals surface area contributed by atoms with E-state index in [1.807, 2.05) is 6.07 Å². The Balaban J connectivity index is 1.87. The van der Waals surface area contributed by atoms with E-state index in [1.165, 1.54) is 28.3 Å². The van der Waals surface area contributed by atoms with E-state index in [4.69, 9.17) is 4.74 Å². The summed E-state index contributed by atoms with van der Waals surface area (Å²) in [6.45, 7) is 2.20. The van der Waals surface area contributed by atoms with E-state index in [0.717, 1.165) is 16.5 Å². The van der Waals surface area contributed by atoms with Gasteiger partial charge in [0.25, 0.3) is 0 Å². The lowest BCUT2D eigenvalue weighted by atomic mass is 10.0. The lowest BCUT2D eigenvalue weighted by Crippen LogP contribution is -1.98. The van der Waals surface area contributed by atoms with Gasteiger partial charge in [0.2, 0.25) is 0 Å². The molecule has 1 aliphatic rings. The van der Waals surface area contributed by atoms with Crippen molar-refractivity contribution >= 4 is 28.0 Å². The average molecular weight is 343 g/mol. The number of ether oxygens (including phenoxy) is 1. The van der Waals surface area contributed by atoms with Crippen LogP contribution in [0.1, 0.15) is 23.6 Å². The van der Waals surface area contributed by atoms with E-state index < -0.39 is 0 Å². The minimum atomic E-state index is -0.301. The van der Waals surface area contributed by atoms with Crippen molar-refractivity contribution < 1.29 is 9.53 Å². The van der Waals surface area contributed by atoms with Crippen LogP contribution >= 0.6 is 15.9 Å². The molecule has 0 heterocycles. The molecule has 0 saturated carbocycles. The summed E-state index contributed by atoms with van der Waals surface area (Å²) in [6, 6.07) is 12.7. The Morgan fingerprint density at radius 1 is 1.19 bits per heavy atom. The van der Waals surface area contributed by atoms with Gasteiger partial charge in [-0.15, -0.1) is 0 Å². The van der Waals surface area contributed by atoms with Crippen molar-refractivity contribution in [3.8, 4) is 11.1 Å². The number of carbonyl (C=O) groups is 1. The number of fused-ring (bicyclic) bond motifs is 3. The Morgan fingerprint density at radius 3 is 2.67 bits per heavy atom. The molecular weight excluding hydrogens is 328 g/mol. The number of halogens is 1. The Hall–Kier alpha value is -1.87. The highest BCUT2D eigenvalue weighted by Crippen LogP contribution is 2.38. The zero-order valence-electron chi connectivity index (χ0n) is 11.7. The minimum Gasteiger partial charge on any atom is -0.463 e. The first-order chi connectivity index (χ1) is 10.2. The summed E-state index contributed by atoms with van der Waals surface area (Å²) in [6.07, 6.45) is 4.21. The molecule has 21 heavy (non-hydrogen) atoms. The highest BCUT2D eigenvalue weighted by molar-refractivity contribution is 9.10. The van der Waals surface area contributed by atoms with Crippen molar-refractivity contribution in [3.63, 3.8) is 0 Å². The minimum absolute atomic E-state index is 0.301. The summed E-state index contributed by atoms with van der Waals surface area (Å²) >= 11 is 3.52. The molecule has 3 heteroatoms. The van der Waals surface area contributed by atoms with E-state index in [-0.39, 0.29) is 5.97 Å². The van der Waals surface area contributed by atoms with Crippen molar-refractivity contribution in [2.75, 3.05) is 6.61 Å². The molecule has 2 aromatic rings. The molecule has 0 amide bonds. The molecule has 2 nitrogen and oxygen atoms in total. The Kier molecular flexibility index (Phi) is 3.93. The summed E-state index contributed by atoms with van der Waals surface area (Å²) in [5, 5.41) is 0. The number of benzene rings is 2. The Morgan fingerprint density at radius 2 is 1.90 bits per heavy atom. The second-order valence-corrected chi connectivity index (χ2v) is 5.90. The first-order valence-corrected chi connectivity index (χ1v) is 7.73. The Labute approximate surface area is 132 Å². The summed E-state index contributed by atoms with van der Waals surface area (Å²) in [7, 11) is 0. The van der Waals surface area contributed by atoms with Gasteiger partial charge in [-0.3, -0.25) is 0 Å². The zero-order valence-corrected chi connectivity index (χ0v) is 13.3. The molecular formula is C18H15BrO2. The highest BCUT2D eigenvalue weighted by atomic mass is 79.9. The molecule has 1 aliphatic carbocycles. The monoisotopic (exact) mass is 342 g/mol. The smallest absolute Gasteiger partial charge is 0.330 e. The summed E-state index contributed by atoms with van der Waals surface area (Å²) in [5.74, 6) is -0.301. The van der Waals surface area contributed by atoms with Gasteiger partial charge < -0.3 is 4.74 Å². The largest absolute Gasteiger partial charge is 0.463 e. The van der Waals surface area contributed by atoms with Gasteiger partial charge in [-0.2, -0.15) is 0 Å². The summed E-state index contributed by atoms with van der Waals surface area (Å²) in [4.78, 5) is 11.4. The second kappa shape index (κ2) is 5.86. The van der Waals surface area contributed by atoms with Gasteiger partial charge >= 0.3 is 5.97 Å². The fourth-order valence-corrected chi connectivity index (χ4v) is 3.07. The van der Waals surface area contributed by atoms with E-state index in [0.29, 0.717) is 6.61 Å². The third-order valence-electron chi connectivity index (χ3n) is 3.57. The van der Waals surface area contributed by atoms with Gasteiger partial charge in [0.15, 0.2) is 0 Å². The maximum absolute atomic E-state index is 11.4. The molecule has 0 spiro atoms. The van der Waals surface area contributed by atoms with Gasteiger partial charge in [0, 0.05) is 10.5 Å². The van der Waals surface area contributed by atoms with Crippen molar-refractivity contribution in [3.05, 3.63) is 63.6 Å². The zero-order chi connectivity index (χ0) is 14.8. The van der Waals surface area contributed by atoms with Crippen LogP contribution in [-0.4, -0.2) is 12.6 Å². The third-order valence-corrected chi connectivity index (χ3v) is 4.06. The fraction of sp³-hybridized carbons (Fsp3) is 0.167. The van der Waals surface area contributed by atoms with Crippen LogP contribution in [0.5, 0.6) is 0 Å². The van der Waals surface area contributed by atoms with Gasteiger partial charge in [0.1, 0.15) is 0 Å². The molecule has 2 aromatic carbocycles. The van der Waals surface area contributed by atoms with E-state index >= 15 is 0 Å². The topological polar surface area (TPSA) is 26.3 Å². The molecule has 0 bridgehead atoms.